The predicted molar refractivity (Wildman–Crippen MR) is 68.8 cm³/mol. The van der Waals surface area contributed by atoms with Gasteiger partial charge in [0, 0.05) is 4.88 Å². The molecule has 16 heavy (non-hydrogen) atoms. The first-order valence-electron chi connectivity index (χ1n) is 5.59. The number of rotatable bonds is 5. The van der Waals surface area contributed by atoms with Crippen molar-refractivity contribution in [2.45, 2.75) is 25.4 Å². The average Bonchev–Trinajstić information content (AvgIpc) is 2.81. The molecule has 0 radical (unpaired) electrons. The Hall–Kier alpha value is -1.12. The predicted octanol–water partition coefficient (Wildman–Crippen LogP) is 3.28. The molecule has 2 rings (SSSR count). The summed E-state index contributed by atoms with van der Waals surface area (Å²) < 4.78 is 0. The lowest BCUT2D eigenvalue weighted by Gasteiger charge is -2.09. The fourth-order valence-corrected chi connectivity index (χ4v) is 2.48. The van der Waals surface area contributed by atoms with Crippen LogP contribution in [-0.2, 0) is 12.8 Å². The van der Waals surface area contributed by atoms with Crippen LogP contribution in [0.5, 0.6) is 0 Å². The molecule has 2 heteroatoms. The smallest absolute Gasteiger partial charge is 0.0584 e. The summed E-state index contributed by atoms with van der Waals surface area (Å²) in [4.78, 5) is 1.35. The van der Waals surface area contributed by atoms with Crippen LogP contribution in [-0.4, -0.2) is 11.2 Å². The standard InChI is InChI=1S/C14H16OS/c15-13(8-9-14-7-4-10-16-14)11-12-5-2-1-3-6-12/h1-7,10,13,15H,8-9,11H2. The highest BCUT2D eigenvalue weighted by Crippen LogP contribution is 2.14. The van der Waals surface area contributed by atoms with E-state index in [-0.39, 0.29) is 6.10 Å². The molecule has 1 aromatic heterocycles. The maximum absolute atomic E-state index is 9.91. The zero-order valence-electron chi connectivity index (χ0n) is 9.17. The van der Waals surface area contributed by atoms with E-state index in [0.29, 0.717) is 0 Å². The first-order chi connectivity index (χ1) is 7.84. The van der Waals surface area contributed by atoms with E-state index in [1.807, 2.05) is 18.2 Å². The van der Waals surface area contributed by atoms with E-state index < -0.39 is 0 Å². The Morgan fingerprint density at radius 2 is 1.88 bits per heavy atom. The van der Waals surface area contributed by atoms with Crippen LogP contribution in [0.25, 0.3) is 0 Å². The van der Waals surface area contributed by atoms with Gasteiger partial charge in [0.25, 0.3) is 0 Å². The maximum Gasteiger partial charge on any atom is 0.0584 e. The fraction of sp³-hybridized carbons (Fsp3) is 0.286. The van der Waals surface area contributed by atoms with Gasteiger partial charge in [-0.2, -0.15) is 0 Å². The van der Waals surface area contributed by atoms with Gasteiger partial charge in [0.2, 0.25) is 0 Å². The largest absolute Gasteiger partial charge is 0.393 e. The molecular formula is C14H16OS. The topological polar surface area (TPSA) is 20.2 Å². The summed E-state index contributed by atoms with van der Waals surface area (Å²) in [5.41, 5.74) is 1.21. The molecule has 1 atom stereocenters. The minimum atomic E-state index is -0.232. The van der Waals surface area contributed by atoms with Gasteiger partial charge < -0.3 is 5.11 Å². The Morgan fingerprint density at radius 1 is 1.06 bits per heavy atom. The van der Waals surface area contributed by atoms with Crippen molar-refractivity contribution in [3.05, 3.63) is 58.3 Å². The van der Waals surface area contributed by atoms with E-state index in [0.717, 1.165) is 19.3 Å². The van der Waals surface area contributed by atoms with Crippen molar-refractivity contribution in [2.24, 2.45) is 0 Å². The van der Waals surface area contributed by atoms with Crippen LogP contribution >= 0.6 is 11.3 Å². The van der Waals surface area contributed by atoms with E-state index in [1.54, 1.807) is 11.3 Å². The van der Waals surface area contributed by atoms with Gasteiger partial charge in [-0.15, -0.1) is 11.3 Å². The summed E-state index contributed by atoms with van der Waals surface area (Å²) in [6.45, 7) is 0. The summed E-state index contributed by atoms with van der Waals surface area (Å²) in [5.74, 6) is 0. The van der Waals surface area contributed by atoms with Gasteiger partial charge in [-0.3, -0.25) is 0 Å². The van der Waals surface area contributed by atoms with Crippen molar-refractivity contribution in [1.29, 1.82) is 0 Å². The van der Waals surface area contributed by atoms with E-state index in [2.05, 4.69) is 29.6 Å². The van der Waals surface area contributed by atoms with Gasteiger partial charge in [0.1, 0.15) is 0 Å². The molecule has 1 nitrogen and oxygen atoms in total. The molecule has 0 amide bonds. The van der Waals surface area contributed by atoms with Crippen LogP contribution in [0.4, 0.5) is 0 Å². The highest BCUT2D eigenvalue weighted by atomic mass is 32.1. The molecule has 84 valence electrons. The Labute approximate surface area is 100 Å². The fourth-order valence-electron chi connectivity index (χ4n) is 1.75. The van der Waals surface area contributed by atoms with Gasteiger partial charge >= 0.3 is 0 Å². The summed E-state index contributed by atoms with van der Waals surface area (Å²) in [5, 5.41) is 12.0. The molecule has 0 fully saturated rings. The number of hydrogen-bond donors (Lipinski definition) is 1. The van der Waals surface area contributed by atoms with Gasteiger partial charge in [-0.1, -0.05) is 36.4 Å². The number of aryl methyl sites for hydroxylation is 1. The number of aliphatic hydroxyl groups is 1. The first kappa shape index (κ1) is 11.4. The minimum Gasteiger partial charge on any atom is -0.393 e. The van der Waals surface area contributed by atoms with Crippen molar-refractivity contribution in [3.63, 3.8) is 0 Å². The molecule has 2 aromatic rings. The SMILES string of the molecule is OC(CCc1cccs1)Cc1ccccc1. The third-order valence-corrected chi connectivity index (χ3v) is 3.55. The molecule has 0 aliphatic heterocycles. The van der Waals surface area contributed by atoms with Crippen LogP contribution in [0.2, 0.25) is 0 Å². The summed E-state index contributed by atoms with van der Waals surface area (Å²) in [6, 6.07) is 14.3. The Balaban J connectivity index is 1.78. The molecular weight excluding hydrogens is 216 g/mol. The van der Waals surface area contributed by atoms with E-state index in [9.17, 15) is 5.11 Å². The molecule has 0 saturated carbocycles. The second kappa shape index (κ2) is 5.83. The van der Waals surface area contributed by atoms with Crippen molar-refractivity contribution in [3.8, 4) is 0 Å². The van der Waals surface area contributed by atoms with Crippen LogP contribution < -0.4 is 0 Å². The summed E-state index contributed by atoms with van der Waals surface area (Å²) in [6.07, 6.45) is 2.34. The van der Waals surface area contributed by atoms with Crippen molar-refractivity contribution in [1.82, 2.24) is 0 Å². The minimum absolute atomic E-state index is 0.232. The lowest BCUT2D eigenvalue weighted by molar-refractivity contribution is 0.165. The van der Waals surface area contributed by atoms with Crippen LogP contribution in [0.1, 0.15) is 16.9 Å². The number of aliphatic hydroxyl groups excluding tert-OH is 1. The third-order valence-electron chi connectivity index (χ3n) is 2.62. The first-order valence-corrected chi connectivity index (χ1v) is 6.47. The average molecular weight is 232 g/mol. The van der Waals surface area contributed by atoms with Gasteiger partial charge in [-0.25, -0.2) is 0 Å². The van der Waals surface area contributed by atoms with Gasteiger partial charge in [-0.05, 0) is 36.3 Å². The van der Waals surface area contributed by atoms with Crippen molar-refractivity contribution >= 4 is 11.3 Å². The highest BCUT2D eigenvalue weighted by molar-refractivity contribution is 7.09. The molecule has 1 unspecified atom stereocenters. The van der Waals surface area contributed by atoms with E-state index in [1.165, 1.54) is 10.4 Å². The molecule has 1 aromatic carbocycles. The van der Waals surface area contributed by atoms with Crippen LogP contribution in [0.3, 0.4) is 0 Å². The molecule has 1 heterocycles. The lowest BCUT2D eigenvalue weighted by atomic mass is 10.0. The number of benzene rings is 1. The Bertz CT molecular complexity index is 394. The lowest BCUT2D eigenvalue weighted by Crippen LogP contribution is -2.11. The number of hydrogen-bond acceptors (Lipinski definition) is 2. The number of thiophene rings is 1. The molecule has 0 spiro atoms. The molecule has 0 aliphatic rings. The quantitative estimate of drug-likeness (QED) is 0.838. The molecule has 0 saturated heterocycles. The van der Waals surface area contributed by atoms with E-state index >= 15 is 0 Å². The van der Waals surface area contributed by atoms with Crippen molar-refractivity contribution in [2.75, 3.05) is 0 Å². The van der Waals surface area contributed by atoms with Gasteiger partial charge in [0.15, 0.2) is 0 Å². The maximum atomic E-state index is 9.91. The monoisotopic (exact) mass is 232 g/mol. The second-order valence-electron chi connectivity index (χ2n) is 3.96. The zero-order chi connectivity index (χ0) is 11.2. The van der Waals surface area contributed by atoms with Crippen LogP contribution in [0, 0.1) is 0 Å². The van der Waals surface area contributed by atoms with Gasteiger partial charge in [0.05, 0.1) is 6.10 Å². The Kier molecular flexibility index (Phi) is 4.14. The second-order valence-corrected chi connectivity index (χ2v) is 4.99. The van der Waals surface area contributed by atoms with Crippen molar-refractivity contribution < 1.29 is 5.11 Å². The third kappa shape index (κ3) is 3.47. The summed E-state index contributed by atoms with van der Waals surface area (Å²) >= 11 is 1.76. The Morgan fingerprint density at radius 3 is 2.56 bits per heavy atom. The molecule has 1 N–H and O–H groups in total. The van der Waals surface area contributed by atoms with E-state index in [4.69, 9.17) is 0 Å². The zero-order valence-corrected chi connectivity index (χ0v) is 9.99. The molecule has 0 aliphatic carbocycles. The molecule has 0 bridgehead atoms. The highest BCUT2D eigenvalue weighted by Gasteiger charge is 2.06. The van der Waals surface area contributed by atoms with Crippen LogP contribution in [0.15, 0.2) is 47.8 Å². The normalized spacial score (nSPS) is 12.6. The summed E-state index contributed by atoms with van der Waals surface area (Å²) in [7, 11) is 0.